The summed E-state index contributed by atoms with van der Waals surface area (Å²) in [4.78, 5) is 19.3. The summed E-state index contributed by atoms with van der Waals surface area (Å²) in [5.74, 6) is -0.344. The molecule has 1 amide bonds. The maximum atomic E-state index is 11.7. The van der Waals surface area contributed by atoms with E-state index in [1.54, 1.807) is 0 Å². The first kappa shape index (κ1) is 14.8. The van der Waals surface area contributed by atoms with Crippen LogP contribution >= 0.6 is 11.6 Å². The molecule has 0 aromatic carbocycles. The second-order valence-electron chi connectivity index (χ2n) is 3.27. The molecule has 0 unspecified atom stereocenters. The van der Waals surface area contributed by atoms with E-state index in [1.165, 1.54) is 12.4 Å². The Morgan fingerprint density at radius 2 is 2.00 bits per heavy atom. The Bertz CT molecular complexity index is 366. The van der Waals surface area contributed by atoms with Crippen LogP contribution in [0.15, 0.2) is 12.4 Å². The van der Waals surface area contributed by atoms with Crippen molar-refractivity contribution in [2.45, 2.75) is 20.1 Å². The number of nitrogens with one attached hydrogen (secondary N) is 1. The molecule has 0 bridgehead atoms. The van der Waals surface area contributed by atoms with E-state index in [2.05, 4.69) is 15.3 Å². The lowest BCUT2D eigenvalue weighted by Crippen LogP contribution is -2.35. The van der Waals surface area contributed by atoms with Crippen LogP contribution in [-0.4, -0.2) is 41.9 Å². The molecule has 0 atom stereocenters. The largest absolute Gasteiger partial charge is 0.351 e. The molecule has 0 saturated heterocycles. The third-order valence-corrected chi connectivity index (χ3v) is 2.18. The molecule has 0 aliphatic heterocycles. The van der Waals surface area contributed by atoms with Crippen LogP contribution in [0, 0.1) is 0 Å². The van der Waals surface area contributed by atoms with E-state index in [-0.39, 0.29) is 23.3 Å². The minimum Gasteiger partial charge on any atom is -0.351 e. The van der Waals surface area contributed by atoms with Crippen LogP contribution in [0.4, 0.5) is 0 Å². The van der Waals surface area contributed by atoms with Gasteiger partial charge in [-0.15, -0.1) is 0 Å². The number of hydrogen-bond donors (Lipinski definition) is 1. The van der Waals surface area contributed by atoms with Gasteiger partial charge < -0.3 is 14.8 Å². The van der Waals surface area contributed by atoms with E-state index in [9.17, 15) is 4.79 Å². The predicted octanol–water partition coefficient (Wildman–Crippen LogP) is 1.26. The summed E-state index contributed by atoms with van der Waals surface area (Å²) in [5, 5.41) is 2.90. The summed E-state index contributed by atoms with van der Waals surface area (Å²) in [6, 6.07) is 0. The summed E-state index contributed by atoms with van der Waals surface area (Å²) >= 11 is 5.58. The van der Waals surface area contributed by atoms with E-state index >= 15 is 0 Å². The molecule has 1 heterocycles. The van der Waals surface area contributed by atoms with Gasteiger partial charge in [-0.3, -0.25) is 4.79 Å². The molecule has 7 heteroatoms. The number of ether oxygens (including phenoxy) is 2. The summed E-state index contributed by atoms with van der Waals surface area (Å²) in [6.45, 7) is 5.00. The summed E-state index contributed by atoms with van der Waals surface area (Å²) in [5.41, 5.74) is 0.200. The highest BCUT2D eigenvalue weighted by Gasteiger charge is 2.12. The van der Waals surface area contributed by atoms with Gasteiger partial charge in [0.25, 0.3) is 5.91 Å². The van der Waals surface area contributed by atoms with Crippen molar-refractivity contribution >= 4 is 17.5 Å². The Hall–Kier alpha value is -1.24. The zero-order valence-electron chi connectivity index (χ0n) is 10.4. The van der Waals surface area contributed by atoms with Gasteiger partial charge in [0.05, 0.1) is 18.9 Å². The molecule has 1 rings (SSSR count). The molecule has 0 saturated carbocycles. The summed E-state index contributed by atoms with van der Waals surface area (Å²) < 4.78 is 10.6. The Labute approximate surface area is 111 Å². The highest BCUT2D eigenvalue weighted by molar-refractivity contribution is 6.29. The Morgan fingerprint density at radius 3 is 2.50 bits per heavy atom. The number of amides is 1. The highest BCUT2D eigenvalue weighted by Crippen LogP contribution is 2.01. The molecule has 1 aromatic heterocycles. The number of carbonyl (C=O) groups excluding carboxylic acids is 1. The maximum absolute atomic E-state index is 11.7. The average molecular weight is 274 g/mol. The lowest BCUT2D eigenvalue weighted by atomic mass is 10.4. The Balaban J connectivity index is 2.46. The molecule has 0 radical (unpaired) electrons. The zero-order valence-corrected chi connectivity index (χ0v) is 11.1. The van der Waals surface area contributed by atoms with Crippen LogP contribution in [0.2, 0.25) is 5.15 Å². The van der Waals surface area contributed by atoms with E-state index in [4.69, 9.17) is 21.1 Å². The lowest BCUT2D eigenvalue weighted by Gasteiger charge is -2.17. The fourth-order valence-electron chi connectivity index (χ4n) is 1.23. The number of nitrogens with zero attached hydrogens (tertiary/aromatic N) is 2. The number of halogens is 1. The molecule has 18 heavy (non-hydrogen) atoms. The number of rotatable bonds is 7. The number of carbonyl (C=O) groups is 1. The van der Waals surface area contributed by atoms with Crippen molar-refractivity contribution in [1.29, 1.82) is 0 Å². The molecule has 1 N–H and O–H groups in total. The Kier molecular flexibility index (Phi) is 6.56. The quantitative estimate of drug-likeness (QED) is 0.757. The third-order valence-electron chi connectivity index (χ3n) is 1.99. The zero-order chi connectivity index (χ0) is 13.4. The molecule has 0 aliphatic carbocycles. The van der Waals surface area contributed by atoms with Crippen LogP contribution in [0.1, 0.15) is 24.3 Å². The van der Waals surface area contributed by atoms with Crippen LogP contribution in [0.3, 0.4) is 0 Å². The van der Waals surface area contributed by atoms with Gasteiger partial charge in [0.2, 0.25) is 0 Å². The average Bonchev–Trinajstić information content (AvgIpc) is 2.37. The smallest absolute Gasteiger partial charge is 0.271 e. The van der Waals surface area contributed by atoms with E-state index in [0.717, 1.165) is 0 Å². The van der Waals surface area contributed by atoms with E-state index < -0.39 is 6.29 Å². The molecule has 1 aromatic rings. The van der Waals surface area contributed by atoms with E-state index in [1.807, 2.05) is 13.8 Å². The predicted molar refractivity (Wildman–Crippen MR) is 66.4 cm³/mol. The van der Waals surface area contributed by atoms with Crippen LogP contribution < -0.4 is 5.32 Å². The Morgan fingerprint density at radius 1 is 1.33 bits per heavy atom. The normalized spacial score (nSPS) is 10.7. The van der Waals surface area contributed by atoms with Gasteiger partial charge in [0.15, 0.2) is 6.29 Å². The fourth-order valence-corrected chi connectivity index (χ4v) is 1.33. The van der Waals surface area contributed by atoms with E-state index in [0.29, 0.717) is 13.2 Å². The molecule has 100 valence electrons. The van der Waals surface area contributed by atoms with Crippen molar-refractivity contribution < 1.29 is 14.3 Å². The van der Waals surface area contributed by atoms with Crippen molar-refractivity contribution in [1.82, 2.24) is 15.3 Å². The van der Waals surface area contributed by atoms with Gasteiger partial charge in [-0.2, -0.15) is 0 Å². The molecule has 0 fully saturated rings. The minimum absolute atomic E-state index is 0.200. The first-order chi connectivity index (χ1) is 8.67. The SMILES string of the molecule is CCOC(CNC(=O)c1cnc(Cl)cn1)OCC. The lowest BCUT2D eigenvalue weighted by molar-refractivity contribution is -0.131. The molecule has 0 aliphatic rings. The van der Waals surface area contributed by atoms with Crippen molar-refractivity contribution in [3.05, 3.63) is 23.2 Å². The van der Waals surface area contributed by atoms with Gasteiger partial charge in [-0.25, -0.2) is 9.97 Å². The van der Waals surface area contributed by atoms with Crippen LogP contribution in [0.25, 0.3) is 0 Å². The molecular formula is C11H16ClN3O3. The highest BCUT2D eigenvalue weighted by atomic mass is 35.5. The molecule has 0 spiro atoms. The van der Waals surface area contributed by atoms with Gasteiger partial charge in [-0.05, 0) is 13.8 Å². The first-order valence-corrected chi connectivity index (χ1v) is 6.04. The molecular weight excluding hydrogens is 258 g/mol. The van der Waals surface area contributed by atoms with Crippen LogP contribution in [0.5, 0.6) is 0 Å². The van der Waals surface area contributed by atoms with Gasteiger partial charge in [-0.1, -0.05) is 11.6 Å². The summed E-state index contributed by atoms with van der Waals surface area (Å²) in [7, 11) is 0. The monoisotopic (exact) mass is 273 g/mol. The third kappa shape index (κ3) is 4.95. The second kappa shape index (κ2) is 7.97. The topological polar surface area (TPSA) is 73.3 Å². The van der Waals surface area contributed by atoms with Gasteiger partial charge in [0, 0.05) is 13.2 Å². The van der Waals surface area contributed by atoms with Gasteiger partial charge in [0.1, 0.15) is 10.8 Å². The van der Waals surface area contributed by atoms with Crippen molar-refractivity contribution in [2.75, 3.05) is 19.8 Å². The van der Waals surface area contributed by atoms with Crippen molar-refractivity contribution in [3.63, 3.8) is 0 Å². The number of hydrogen-bond acceptors (Lipinski definition) is 5. The van der Waals surface area contributed by atoms with Gasteiger partial charge >= 0.3 is 0 Å². The second-order valence-corrected chi connectivity index (χ2v) is 3.66. The fraction of sp³-hybridized carbons (Fsp3) is 0.545. The summed E-state index contributed by atoms with van der Waals surface area (Å²) in [6.07, 6.45) is 2.18. The van der Waals surface area contributed by atoms with Crippen molar-refractivity contribution in [2.24, 2.45) is 0 Å². The molecule has 6 nitrogen and oxygen atoms in total. The maximum Gasteiger partial charge on any atom is 0.271 e. The standard InChI is InChI=1S/C11H16ClN3O3/c1-3-17-10(18-4-2)7-15-11(16)8-5-14-9(12)6-13-8/h5-6,10H,3-4,7H2,1-2H3,(H,15,16). The first-order valence-electron chi connectivity index (χ1n) is 5.66. The number of aromatic nitrogens is 2. The van der Waals surface area contributed by atoms with Crippen molar-refractivity contribution in [3.8, 4) is 0 Å². The minimum atomic E-state index is -0.454. The van der Waals surface area contributed by atoms with Crippen LogP contribution in [-0.2, 0) is 9.47 Å².